The molecule has 98 valence electrons. The summed E-state index contributed by atoms with van der Waals surface area (Å²) >= 11 is 0. The van der Waals surface area contributed by atoms with Crippen molar-refractivity contribution in [3.05, 3.63) is 0 Å². The lowest BCUT2D eigenvalue weighted by Gasteiger charge is -2.36. The number of rotatable bonds is 4. The molecule has 1 heterocycles. The Hall–Kier alpha value is -0.570. The molecule has 1 saturated carbocycles. The molecule has 0 amide bonds. The Morgan fingerprint density at radius 3 is 2.59 bits per heavy atom. The predicted molar refractivity (Wildman–Crippen MR) is 68.0 cm³/mol. The summed E-state index contributed by atoms with van der Waals surface area (Å²) in [5.41, 5.74) is -0.430. The maximum atomic E-state index is 11.6. The predicted octanol–water partition coefficient (Wildman–Crippen LogP) is 2.75. The van der Waals surface area contributed by atoms with Crippen molar-refractivity contribution >= 4 is 5.97 Å². The maximum Gasteiger partial charge on any atom is 0.310 e. The highest BCUT2D eigenvalue weighted by Gasteiger charge is 2.41. The molecule has 0 bridgehead atoms. The number of nitrogens with zero attached hydrogens (tertiary/aromatic N) is 1. The largest absolute Gasteiger partial charge is 0.481 e. The second-order valence-electron chi connectivity index (χ2n) is 5.94. The van der Waals surface area contributed by atoms with Crippen LogP contribution in [0.2, 0.25) is 0 Å². The van der Waals surface area contributed by atoms with Crippen LogP contribution in [0.5, 0.6) is 0 Å². The van der Waals surface area contributed by atoms with Crippen LogP contribution in [0, 0.1) is 11.3 Å². The molecule has 2 fully saturated rings. The molecule has 0 spiro atoms. The van der Waals surface area contributed by atoms with Gasteiger partial charge in [0.1, 0.15) is 0 Å². The monoisotopic (exact) mass is 239 g/mol. The average Bonchev–Trinajstić information content (AvgIpc) is 2.77. The summed E-state index contributed by atoms with van der Waals surface area (Å²) < 4.78 is 0. The molecular weight excluding hydrogens is 214 g/mol. The quantitative estimate of drug-likeness (QED) is 0.820. The zero-order chi connectivity index (χ0) is 12.3. The Kier molecular flexibility index (Phi) is 4.08. The van der Waals surface area contributed by atoms with Gasteiger partial charge in [0, 0.05) is 13.1 Å². The molecule has 1 atom stereocenters. The Bertz CT molecular complexity index is 271. The lowest BCUT2D eigenvalue weighted by atomic mass is 9.73. The molecule has 3 heteroatoms. The van der Waals surface area contributed by atoms with Crippen molar-refractivity contribution in [3.8, 4) is 0 Å². The Labute approximate surface area is 104 Å². The minimum Gasteiger partial charge on any atom is -0.481 e. The highest BCUT2D eigenvalue weighted by Crippen LogP contribution is 2.38. The van der Waals surface area contributed by atoms with E-state index in [1.54, 1.807) is 0 Å². The van der Waals surface area contributed by atoms with E-state index in [0.717, 1.165) is 51.2 Å². The van der Waals surface area contributed by atoms with Crippen LogP contribution in [0.3, 0.4) is 0 Å². The van der Waals surface area contributed by atoms with Crippen LogP contribution in [0.1, 0.15) is 51.9 Å². The van der Waals surface area contributed by atoms with Gasteiger partial charge in [-0.25, -0.2) is 0 Å². The molecular formula is C14H25NO2. The maximum absolute atomic E-state index is 11.6. The minimum atomic E-state index is -0.558. The normalized spacial score (nSPS) is 29.4. The number of aliphatic carboxylic acids is 1. The van der Waals surface area contributed by atoms with Crippen molar-refractivity contribution in [2.75, 3.05) is 19.6 Å². The molecule has 2 aliphatic rings. The summed E-state index contributed by atoms with van der Waals surface area (Å²) in [6.45, 7) is 5.25. The van der Waals surface area contributed by atoms with E-state index >= 15 is 0 Å². The molecule has 0 aromatic heterocycles. The third-order valence-electron chi connectivity index (χ3n) is 4.74. The van der Waals surface area contributed by atoms with E-state index in [9.17, 15) is 9.90 Å². The summed E-state index contributed by atoms with van der Waals surface area (Å²) in [5.74, 6) is 0.238. The van der Waals surface area contributed by atoms with Crippen LogP contribution >= 0.6 is 0 Å². The third-order valence-corrected chi connectivity index (χ3v) is 4.74. The first-order chi connectivity index (χ1) is 8.16. The zero-order valence-corrected chi connectivity index (χ0v) is 11.0. The average molecular weight is 239 g/mol. The van der Waals surface area contributed by atoms with Crippen LogP contribution in [-0.4, -0.2) is 35.6 Å². The van der Waals surface area contributed by atoms with Crippen molar-refractivity contribution in [1.82, 2.24) is 4.90 Å². The molecule has 2 rings (SSSR count). The Balaban J connectivity index is 1.96. The van der Waals surface area contributed by atoms with Crippen LogP contribution in [0.4, 0.5) is 0 Å². The molecule has 0 aromatic rings. The van der Waals surface area contributed by atoms with Gasteiger partial charge in [0.05, 0.1) is 5.41 Å². The van der Waals surface area contributed by atoms with Gasteiger partial charge in [0.25, 0.3) is 0 Å². The van der Waals surface area contributed by atoms with Gasteiger partial charge in [-0.1, -0.05) is 32.6 Å². The fourth-order valence-corrected chi connectivity index (χ4v) is 3.49. The van der Waals surface area contributed by atoms with E-state index < -0.39 is 11.4 Å². The van der Waals surface area contributed by atoms with E-state index in [0.29, 0.717) is 0 Å². The van der Waals surface area contributed by atoms with E-state index in [1.807, 2.05) is 0 Å². The van der Waals surface area contributed by atoms with Crippen LogP contribution in [-0.2, 0) is 4.79 Å². The van der Waals surface area contributed by atoms with E-state index in [4.69, 9.17) is 0 Å². The second kappa shape index (κ2) is 5.38. The number of hydrogen-bond donors (Lipinski definition) is 1. The SMILES string of the molecule is CCC1CCN(CC2(C(=O)O)CCCCC2)C1. The van der Waals surface area contributed by atoms with Gasteiger partial charge in [0.2, 0.25) is 0 Å². The van der Waals surface area contributed by atoms with Crippen molar-refractivity contribution in [3.63, 3.8) is 0 Å². The van der Waals surface area contributed by atoms with Crippen LogP contribution < -0.4 is 0 Å². The molecule has 3 nitrogen and oxygen atoms in total. The molecule has 1 N–H and O–H groups in total. The topological polar surface area (TPSA) is 40.5 Å². The molecule has 0 aromatic carbocycles. The lowest BCUT2D eigenvalue weighted by Crippen LogP contribution is -2.43. The summed E-state index contributed by atoms with van der Waals surface area (Å²) in [4.78, 5) is 14.0. The number of carboxylic acid groups (broad SMARTS) is 1. The van der Waals surface area contributed by atoms with Gasteiger partial charge >= 0.3 is 5.97 Å². The van der Waals surface area contributed by atoms with E-state index in [1.165, 1.54) is 19.3 Å². The first kappa shape index (κ1) is 12.9. The number of likely N-dealkylation sites (tertiary alicyclic amines) is 1. The fourth-order valence-electron chi connectivity index (χ4n) is 3.49. The number of carbonyl (C=O) groups is 1. The molecule has 1 aliphatic heterocycles. The summed E-state index contributed by atoms with van der Waals surface area (Å²) in [6, 6.07) is 0. The van der Waals surface area contributed by atoms with Crippen molar-refractivity contribution in [2.24, 2.45) is 11.3 Å². The van der Waals surface area contributed by atoms with E-state index in [2.05, 4.69) is 11.8 Å². The van der Waals surface area contributed by atoms with Crippen molar-refractivity contribution in [2.45, 2.75) is 51.9 Å². The van der Waals surface area contributed by atoms with Crippen molar-refractivity contribution < 1.29 is 9.90 Å². The molecule has 1 unspecified atom stereocenters. The lowest BCUT2D eigenvalue weighted by molar-refractivity contribution is -0.152. The third kappa shape index (κ3) is 2.82. The summed E-state index contributed by atoms with van der Waals surface area (Å²) in [5, 5.41) is 9.55. The number of carboxylic acids is 1. The smallest absolute Gasteiger partial charge is 0.310 e. The van der Waals surface area contributed by atoms with Gasteiger partial charge in [-0.2, -0.15) is 0 Å². The first-order valence-electron chi connectivity index (χ1n) is 7.12. The Morgan fingerprint density at radius 2 is 2.06 bits per heavy atom. The first-order valence-corrected chi connectivity index (χ1v) is 7.12. The molecule has 0 radical (unpaired) electrons. The standard InChI is InChI=1S/C14H25NO2/c1-2-12-6-9-15(10-12)11-14(13(16)17)7-4-3-5-8-14/h12H,2-11H2,1H3,(H,16,17). The van der Waals surface area contributed by atoms with Gasteiger partial charge in [-0.3, -0.25) is 4.79 Å². The Morgan fingerprint density at radius 1 is 1.35 bits per heavy atom. The highest BCUT2D eigenvalue weighted by molar-refractivity contribution is 5.75. The number of hydrogen-bond acceptors (Lipinski definition) is 2. The highest BCUT2D eigenvalue weighted by atomic mass is 16.4. The van der Waals surface area contributed by atoms with Gasteiger partial charge in [-0.15, -0.1) is 0 Å². The van der Waals surface area contributed by atoms with Crippen LogP contribution in [0.15, 0.2) is 0 Å². The molecule has 1 saturated heterocycles. The zero-order valence-electron chi connectivity index (χ0n) is 11.0. The van der Waals surface area contributed by atoms with Gasteiger partial charge < -0.3 is 10.0 Å². The van der Waals surface area contributed by atoms with Gasteiger partial charge in [0.15, 0.2) is 0 Å². The summed E-state index contributed by atoms with van der Waals surface area (Å²) in [7, 11) is 0. The minimum absolute atomic E-state index is 0.430. The molecule has 17 heavy (non-hydrogen) atoms. The van der Waals surface area contributed by atoms with Crippen molar-refractivity contribution in [1.29, 1.82) is 0 Å². The molecule has 1 aliphatic carbocycles. The van der Waals surface area contributed by atoms with Crippen LogP contribution in [0.25, 0.3) is 0 Å². The van der Waals surface area contributed by atoms with E-state index in [-0.39, 0.29) is 0 Å². The second-order valence-corrected chi connectivity index (χ2v) is 5.94. The van der Waals surface area contributed by atoms with Gasteiger partial charge in [-0.05, 0) is 31.7 Å². The summed E-state index contributed by atoms with van der Waals surface area (Å²) in [6.07, 6.45) is 7.66. The fraction of sp³-hybridized carbons (Fsp3) is 0.929.